The van der Waals surface area contributed by atoms with Crippen LogP contribution in [-0.4, -0.2) is 49.4 Å². The van der Waals surface area contributed by atoms with Gasteiger partial charge in [0.25, 0.3) is 0 Å². The third kappa shape index (κ3) is 11.2. The van der Waals surface area contributed by atoms with Crippen molar-refractivity contribution in [3.8, 4) is 34.1 Å². The summed E-state index contributed by atoms with van der Waals surface area (Å²) >= 11 is 0. The van der Waals surface area contributed by atoms with Crippen molar-refractivity contribution in [2.75, 3.05) is 28.4 Å². The van der Waals surface area contributed by atoms with E-state index in [1.165, 1.54) is 84.2 Å². The van der Waals surface area contributed by atoms with Gasteiger partial charge in [0, 0.05) is 12.0 Å². The van der Waals surface area contributed by atoms with E-state index in [4.69, 9.17) is 23.7 Å². The lowest BCUT2D eigenvalue weighted by atomic mass is 9.95. The molecule has 0 saturated carbocycles. The summed E-state index contributed by atoms with van der Waals surface area (Å²) in [7, 11) is 6.23. The predicted octanol–water partition coefficient (Wildman–Crippen LogP) is 9.18. The van der Waals surface area contributed by atoms with Gasteiger partial charge in [0.2, 0.25) is 11.2 Å². The zero-order valence-electron chi connectivity index (χ0n) is 31.6. The van der Waals surface area contributed by atoms with Crippen LogP contribution in [0.2, 0.25) is 0 Å². The van der Waals surface area contributed by atoms with Gasteiger partial charge < -0.3 is 23.7 Å². The van der Waals surface area contributed by atoms with E-state index in [1.807, 2.05) is 12.1 Å². The molecule has 51 heavy (non-hydrogen) atoms. The van der Waals surface area contributed by atoms with Crippen LogP contribution < -0.4 is 24.4 Å². The summed E-state index contributed by atoms with van der Waals surface area (Å²) in [4.78, 5) is 25.8. The summed E-state index contributed by atoms with van der Waals surface area (Å²) in [5.74, 6) is 1.55. The highest BCUT2D eigenvalue weighted by molar-refractivity contribution is 5.82. The number of carbonyl (C=O) groups is 1. The van der Waals surface area contributed by atoms with Gasteiger partial charge in [-0.15, -0.1) is 5.10 Å². The molecule has 0 saturated heterocycles. The van der Waals surface area contributed by atoms with Crippen molar-refractivity contribution < 1.29 is 28.5 Å². The van der Waals surface area contributed by atoms with Crippen LogP contribution in [0.25, 0.3) is 11.1 Å². The Bertz CT molecular complexity index is 1590. The molecule has 280 valence electrons. The molecule has 0 unspecified atom stereocenters. The average Bonchev–Trinajstić information content (AvgIpc) is 3.48. The van der Waals surface area contributed by atoms with Crippen molar-refractivity contribution in [3.05, 3.63) is 57.5 Å². The van der Waals surface area contributed by atoms with Crippen LogP contribution in [0.4, 0.5) is 0 Å². The molecule has 2 aromatic carbocycles. The molecule has 0 amide bonds. The maximum atomic E-state index is 13.2. The first-order valence-corrected chi connectivity index (χ1v) is 19.1. The molecule has 0 spiro atoms. The highest BCUT2D eigenvalue weighted by Crippen LogP contribution is 2.50. The summed E-state index contributed by atoms with van der Waals surface area (Å²) in [5, 5.41) is 8.75. The van der Waals surface area contributed by atoms with Gasteiger partial charge in [-0.3, -0.25) is 9.59 Å². The van der Waals surface area contributed by atoms with Gasteiger partial charge in [0.05, 0.1) is 40.7 Å². The molecular formula is C41H59N3O7. The fraction of sp³-hybridized carbons (Fsp3) is 0.610. The van der Waals surface area contributed by atoms with E-state index in [0.29, 0.717) is 42.2 Å². The second-order valence-corrected chi connectivity index (χ2v) is 13.6. The Balaban J connectivity index is 1.29. The molecule has 1 heterocycles. The van der Waals surface area contributed by atoms with Gasteiger partial charge >= 0.3 is 5.97 Å². The van der Waals surface area contributed by atoms with Gasteiger partial charge in [-0.05, 0) is 54.2 Å². The van der Waals surface area contributed by atoms with E-state index in [1.54, 1.807) is 44.3 Å². The van der Waals surface area contributed by atoms with Crippen molar-refractivity contribution in [1.29, 1.82) is 0 Å². The summed E-state index contributed by atoms with van der Waals surface area (Å²) in [6.07, 6.45) is 22.7. The number of benzene rings is 1. The average molecular weight is 706 g/mol. The zero-order valence-corrected chi connectivity index (χ0v) is 31.6. The van der Waals surface area contributed by atoms with Crippen LogP contribution in [0.1, 0.15) is 139 Å². The fourth-order valence-electron chi connectivity index (χ4n) is 7.12. The van der Waals surface area contributed by atoms with E-state index >= 15 is 0 Å². The number of unbranched alkanes of at least 4 members (excludes halogenated alkanes) is 14. The second-order valence-electron chi connectivity index (χ2n) is 13.6. The fourth-order valence-corrected chi connectivity index (χ4v) is 7.12. The van der Waals surface area contributed by atoms with Gasteiger partial charge in [0.15, 0.2) is 17.2 Å². The minimum Gasteiger partial charge on any atom is -0.493 e. The summed E-state index contributed by atoms with van der Waals surface area (Å²) in [5.41, 5.74) is 3.63. The topological polar surface area (TPSA) is 111 Å². The standard InChI is InChI=1S/C41H59N3O7/c1-6-7-8-9-10-11-12-13-14-15-16-17-18-19-20-21-38(46)51-29-31-28-44(43-42-31)34-24-22-30-26-37(48-3)40(49-4)41(50-5)39(30)32-23-25-36(47-2)35(45)27-33(32)34/h23,25-28,34H,6-22,24,29H2,1-5H3/t34-/m0/s1. The third-order valence-corrected chi connectivity index (χ3v) is 9.93. The molecule has 1 aliphatic rings. The van der Waals surface area contributed by atoms with Crippen LogP contribution in [0.15, 0.2) is 35.3 Å². The Morgan fingerprint density at radius 3 is 1.96 bits per heavy atom. The number of methoxy groups -OCH3 is 4. The molecule has 1 aliphatic carbocycles. The maximum absolute atomic E-state index is 13.2. The van der Waals surface area contributed by atoms with Gasteiger partial charge in [-0.2, -0.15) is 0 Å². The number of rotatable bonds is 23. The predicted molar refractivity (Wildman–Crippen MR) is 200 cm³/mol. The second kappa shape index (κ2) is 21.3. The molecule has 0 bridgehead atoms. The first kappa shape index (κ1) is 39.7. The molecule has 0 radical (unpaired) electrons. The number of carbonyl (C=O) groups excluding carboxylic acids is 1. The molecule has 4 rings (SSSR count). The molecule has 0 aliphatic heterocycles. The third-order valence-electron chi connectivity index (χ3n) is 9.93. The van der Waals surface area contributed by atoms with Crippen molar-refractivity contribution in [2.24, 2.45) is 0 Å². The quantitative estimate of drug-likeness (QED) is 0.0704. The zero-order chi connectivity index (χ0) is 36.4. The lowest BCUT2D eigenvalue weighted by Gasteiger charge is -2.19. The minimum atomic E-state index is -0.337. The number of fused-ring (bicyclic) bond motifs is 3. The van der Waals surface area contributed by atoms with E-state index < -0.39 is 0 Å². The Morgan fingerprint density at radius 2 is 1.37 bits per heavy atom. The van der Waals surface area contributed by atoms with Crippen molar-refractivity contribution in [3.63, 3.8) is 0 Å². The normalized spacial score (nSPS) is 13.5. The van der Waals surface area contributed by atoms with Crippen molar-refractivity contribution in [2.45, 2.75) is 135 Å². The number of ether oxygens (including phenoxy) is 5. The smallest absolute Gasteiger partial charge is 0.306 e. The SMILES string of the molecule is CCCCCCCCCCCCCCCCCC(=O)OCc1cn([C@H]2CCc3cc(OC)c(OC)c(OC)c3-c3ccc(OC)c(=O)cc32)nn1. The molecule has 1 aromatic heterocycles. The van der Waals surface area contributed by atoms with Crippen LogP contribution in [-0.2, 0) is 22.6 Å². The lowest BCUT2D eigenvalue weighted by molar-refractivity contribution is -0.145. The molecular weight excluding hydrogens is 646 g/mol. The van der Waals surface area contributed by atoms with Crippen LogP contribution in [0, 0.1) is 0 Å². The number of aromatic nitrogens is 3. The summed E-state index contributed by atoms with van der Waals surface area (Å²) in [6.45, 7) is 2.31. The lowest BCUT2D eigenvalue weighted by Crippen LogP contribution is -2.13. The first-order chi connectivity index (χ1) is 24.9. The van der Waals surface area contributed by atoms with Crippen LogP contribution >= 0.6 is 0 Å². The van der Waals surface area contributed by atoms with E-state index in [-0.39, 0.29) is 29.8 Å². The number of hydrogen-bond donors (Lipinski definition) is 0. The van der Waals surface area contributed by atoms with Gasteiger partial charge in [-0.25, -0.2) is 4.68 Å². The van der Waals surface area contributed by atoms with E-state index in [0.717, 1.165) is 41.5 Å². The monoisotopic (exact) mass is 705 g/mol. The molecule has 1 atom stereocenters. The van der Waals surface area contributed by atoms with Crippen molar-refractivity contribution in [1.82, 2.24) is 15.0 Å². The van der Waals surface area contributed by atoms with Gasteiger partial charge in [0.1, 0.15) is 12.3 Å². The van der Waals surface area contributed by atoms with E-state index in [2.05, 4.69) is 17.2 Å². The van der Waals surface area contributed by atoms with Crippen LogP contribution in [0.3, 0.4) is 0 Å². The van der Waals surface area contributed by atoms with Gasteiger partial charge in [-0.1, -0.05) is 108 Å². The Kier molecular flexibility index (Phi) is 16.6. The summed E-state index contributed by atoms with van der Waals surface area (Å²) in [6, 6.07) is 6.77. The molecule has 3 aromatic rings. The number of esters is 1. The largest absolute Gasteiger partial charge is 0.493 e. The van der Waals surface area contributed by atoms with Crippen LogP contribution in [0.5, 0.6) is 23.0 Å². The number of nitrogens with zero attached hydrogens (tertiary/aromatic N) is 3. The first-order valence-electron chi connectivity index (χ1n) is 19.1. The highest BCUT2D eigenvalue weighted by atomic mass is 16.5. The Hall–Kier alpha value is -4.08. The molecule has 10 heteroatoms. The minimum absolute atomic E-state index is 0.0444. The molecule has 10 nitrogen and oxygen atoms in total. The van der Waals surface area contributed by atoms with E-state index in [9.17, 15) is 9.59 Å². The molecule has 0 fully saturated rings. The van der Waals surface area contributed by atoms with Crippen molar-refractivity contribution >= 4 is 5.97 Å². The number of hydrogen-bond acceptors (Lipinski definition) is 9. The summed E-state index contributed by atoms with van der Waals surface area (Å²) < 4.78 is 29.9. The Labute approximate surface area is 304 Å². The maximum Gasteiger partial charge on any atom is 0.306 e. The number of aryl methyl sites for hydroxylation is 1. The highest BCUT2D eigenvalue weighted by Gasteiger charge is 2.30. The molecule has 0 N–H and O–H groups in total. The Morgan fingerprint density at radius 1 is 0.765 bits per heavy atom.